The third-order valence-corrected chi connectivity index (χ3v) is 7.30. The minimum absolute atomic E-state index is 0.0292. The number of hydrogen-bond acceptors (Lipinski definition) is 4. The number of carbonyl (C=O) groups is 1. The number of sulfone groups is 1. The first kappa shape index (κ1) is 27.3. The van der Waals surface area contributed by atoms with Crippen molar-refractivity contribution in [2.24, 2.45) is 0 Å². The van der Waals surface area contributed by atoms with E-state index in [0.29, 0.717) is 16.1 Å². The second-order valence-corrected chi connectivity index (χ2v) is 10.4. The van der Waals surface area contributed by atoms with Gasteiger partial charge in [0.15, 0.2) is 9.84 Å². The van der Waals surface area contributed by atoms with Crippen molar-refractivity contribution < 1.29 is 26.4 Å². The number of amides is 1. The van der Waals surface area contributed by atoms with Crippen LogP contribution in [0.3, 0.4) is 0 Å². The maximum Gasteiger partial charge on any atom is 0.416 e. The fraction of sp³-hybridized carbons (Fsp3) is 0.192. The lowest BCUT2D eigenvalue weighted by molar-refractivity contribution is -0.137. The minimum atomic E-state index is -4.40. The molecule has 0 spiro atoms. The highest BCUT2D eigenvalue weighted by Crippen LogP contribution is 2.31. The molecule has 0 heterocycles. The van der Waals surface area contributed by atoms with Gasteiger partial charge in [-0.1, -0.05) is 48.0 Å². The molecule has 2 N–H and O–H groups in total. The predicted octanol–water partition coefficient (Wildman–Crippen LogP) is 5.61. The number of allylic oxidation sites excluding steroid dienone is 1. The van der Waals surface area contributed by atoms with Crippen LogP contribution in [0.2, 0.25) is 5.02 Å². The molecule has 0 unspecified atom stereocenters. The molecule has 0 atom stereocenters. The summed E-state index contributed by atoms with van der Waals surface area (Å²) in [4.78, 5) is 12.7. The molecule has 0 aliphatic heterocycles. The van der Waals surface area contributed by atoms with E-state index in [0.717, 1.165) is 17.7 Å². The van der Waals surface area contributed by atoms with Gasteiger partial charge in [-0.3, -0.25) is 4.79 Å². The Kier molecular flexibility index (Phi) is 8.81. The maximum absolute atomic E-state index is 12.8. The van der Waals surface area contributed by atoms with Gasteiger partial charge in [0.1, 0.15) is 0 Å². The van der Waals surface area contributed by atoms with Gasteiger partial charge >= 0.3 is 6.18 Å². The smallest absolute Gasteiger partial charge is 0.380 e. The third-order valence-electron chi connectivity index (χ3n) is 5.32. The molecule has 0 fully saturated rings. The van der Waals surface area contributed by atoms with Gasteiger partial charge in [-0.05, 0) is 66.1 Å². The van der Waals surface area contributed by atoms with E-state index in [2.05, 4.69) is 10.6 Å². The molecule has 0 radical (unpaired) electrons. The Bertz CT molecular complexity index is 1340. The molecule has 0 bridgehead atoms. The van der Waals surface area contributed by atoms with Crippen molar-refractivity contribution in [3.05, 3.63) is 101 Å². The van der Waals surface area contributed by atoms with Crippen molar-refractivity contribution in [2.75, 3.05) is 12.3 Å². The molecular formula is C26H24ClF3N2O3S. The van der Waals surface area contributed by atoms with Gasteiger partial charge < -0.3 is 10.6 Å². The van der Waals surface area contributed by atoms with E-state index < -0.39 is 27.5 Å². The summed E-state index contributed by atoms with van der Waals surface area (Å²) in [6.45, 7) is 1.86. The monoisotopic (exact) mass is 536 g/mol. The molecule has 0 aromatic heterocycles. The molecular weight excluding hydrogens is 513 g/mol. The summed E-state index contributed by atoms with van der Waals surface area (Å²) in [7, 11) is -3.55. The average Bonchev–Trinajstić information content (AvgIpc) is 2.85. The van der Waals surface area contributed by atoms with Gasteiger partial charge in [-0.25, -0.2) is 8.42 Å². The Balaban J connectivity index is 1.56. The van der Waals surface area contributed by atoms with Crippen LogP contribution in [0, 0.1) is 0 Å². The van der Waals surface area contributed by atoms with E-state index in [9.17, 15) is 26.4 Å². The number of benzene rings is 3. The first-order chi connectivity index (χ1) is 17.0. The van der Waals surface area contributed by atoms with Gasteiger partial charge in [0.2, 0.25) is 0 Å². The summed E-state index contributed by atoms with van der Waals surface area (Å²) >= 11 is 5.80. The summed E-state index contributed by atoms with van der Waals surface area (Å²) in [6.07, 6.45) is -2.86. The zero-order valence-electron chi connectivity index (χ0n) is 19.3. The Morgan fingerprint density at radius 1 is 0.944 bits per heavy atom. The largest absolute Gasteiger partial charge is 0.416 e. The van der Waals surface area contributed by atoms with Gasteiger partial charge in [0, 0.05) is 18.1 Å². The standard InChI is InChI=1S/C26H24ClF3N2O3S/c1-2-24(31-14-15-36(34,35)23-12-10-22(27)11-13-23)25(33)32-17-18-4-3-5-20(16-18)19-6-8-21(9-7-19)26(28,29)30/h2-13,16,31H,14-15,17H2,1H3,(H,32,33)/b24-2+. The van der Waals surface area contributed by atoms with Crippen molar-refractivity contribution in [1.29, 1.82) is 0 Å². The second kappa shape index (κ2) is 11.6. The van der Waals surface area contributed by atoms with Crippen LogP contribution < -0.4 is 10.6 Å². The molecule has 190 valence electrons. The van der Waals surface area contributed by atoms with Crippen molar-refractivity contribution in [2.45, 2.75) is 24.5 Å². The van der Waals surface area contributed by atoms with Crippen LogP contribution in [0.15, 0.2) is 89.5 Å². The highest BCUT2D eigenvalue weighted by Gasteiger charge is 2.30. The molecule has 1 amide bonds. The highest BCUT2D eigenvalue weighted by atomic mass is 35.5. The predicted molar refractivity (Wildman–Crippen MR) is 134 cm³/mol. The van der Waals surface area contributed by atoms with E-state index in [4.69, 9.17) is 11.6 Å². The quantitative estimate of drug-likeness (QED) is 0.349. The molecule has 36 heavy (non-hydrogen) atoms. The van der Waals surface area contributed by atoms with Crippen LogP contribution in [-0.4, -0.2) is 26.6 Å². The van der Waals surface area contributed by atoms with Crippen LogP contribution in [0.5, 0.6) is 0 Å². The molecule has 3 aromatic carbocycles. The first-order valence-corrected chi connectivity index (χ1v) is 13.0. The molecule has 10 heteroatoms. The lowest BCUT2D eigenvalue weighted by Gasteiger charge is -2.13. The Hall–Kier alpha value is -3.30. The number of nitrogens with one attached hydrogen (secondary N) is 2. The average molecular weight is 537 g/mol. The minimum Gasteiger partial charge on any atom is -0.380 e. The summed E-state index contributed by atoms with van der Waals surface area (Å²) in [5.74, 6) is -0.629. The molecule has 3 aromatic rings. The third kappa shape index (κ3) is 7.35. The number of alkyl halides is 3. The number of hydrogen-bond donors (Lipinski definition) is 2. The molecule has 0 aliphatic carbocycles. The summed E-state index contributed by atoms with van der Waals surface area (Å²) in [5.41, 5.74) is 1.59. The number of rotatable bonds is 9. The number of halogens is 4. The van der Waals surface area contributed by atoms with E-state index in [1.807, 2.05) is 0 Å². The van der Waals surface area contributed by atoms with Gasteiger partial charge in [0.25, 0.3) is 5.91 Å². The van der Waals surface area contributed by atoms with Crippen LogP contribution in [0.25, 0.3) is 11.1 Å². The Morgan fingerprint density at radius 3 is 2.22 bits per heavy atom. The second-order valence-electron chi connectivity index (χ2n) is 7.86. The Labute approximate surface area is 212 Å². The SMILES string of the molecule is C/C=C(/NCCS(=O)(=O)c1ccc(Cl)cc1)C(=O)NCc1cccc(-c2ccc(C(F)(F)F)cc2)c1. The lowest BCUT2D eigenvalue weighted by Crippen LogP contribution is -2.33. The lowest BCUT2D eigenvalue weighted by atomic mass is 10.0. The molecule has 0 aliphatic rings. The van der Waals surface area contributed by atoms with Crippen LogP contribution in [-0.2, 0) is 27.4 Å². The summed E-state index contributed by atoms with van der Waals surface area (Å²) in [6, 6.07) is 17.8. The topological polar surface area (TPSA) is 75.3 Å². The fourth-order valence-corrected chi connectivity index (χ4v) is 4.67. The molecule has 3 rings (SSSR count). The summed E-state index contributed by atoms with van der Waals surface area (Å²) < 4.78 is 63.3. The van der Waals surface area contributed by atoms with Crippen LogP contribution >= 0.6 is 11.6 Å². The van der Waals surface area contributed by atoms with Crippen molar-refractivity contribution in [3.8, 4) is 11.1 Å². The number of carbonyl (C=O) groups excluding carboxylic acids is 1. The van der Waals surface area contributed by atoms with Gasteiger partial charge in [-0.15, -0.1) is 0 Å². The fourth-order valence-electron chi connectivity index (χ4n) is 3.38. The Morgan fingerprint density at radius 2 is 1.61 bits per heavy atom. The first-order valence-electron chi connectivity index (χ1n) is 10.9. The van der Waals surface area contributed by atoms with Gasteiger partial charge in [0.05, 0.1) is 21.9 Å². The van der Waals surface area contributed by atoms with Crippen molar-refractivity contribution in [3.63, 3.8) is 0 Å². The van der Waals surface area contributed by atoms with Crippen molar-refractivity contribution in [1.82, 2.24) is 10.6 Å². The molecule has 0 saturated heterocycles. The van der Waals surface area contributed by atoms with E-state index in [1.165, 1.54) is 36.4 Å². The van der Waals surface area contributed by atoms with Gasteiger partial charge in [-0.2, -0.15) is 13.2 Å². The zero-order valence-corrected chi connectivity index (χ0v) is 20.8. The van der Waals surface area contributed by atoms with Crippen molar-refractivity contribution >= 4 is 27.3 Å². The zero-order chi connectivity index (χ0) is 26.3. The van der Waals surface area contributed by atoms with Crippen LogP contribution in [0.1, 0.15) is 18.1 Å². The highest BCUT2D eigenvalue weighted by molar-refractivity contribution is 7.91. The van der Waals surface area contributed by atoms with E-state index >= 15 is 0 Å². The van der Waals surface area contributed by atoms with E-state index in [1.54, 1.807) is 37.3 Å². The normalized spacial score (nSPS) is 12.3. The van der Waals surface area contributed by atoms with E-state index in [-0.39, 0.29) is 29.4 Å². The molecule has 0 saturated carbocycles. The molecule has 5 nitrogen and oxygen atoms in total. The van der Waals surface area contributed by atoms with Crippen LogP contribution in [0.4, 0.5) is 13.2 Å². The maximum atomic E-state index is 12.8. The summed E-state index contributed by atoms with van der Waals surface area (Å²) in [5, 5.41) is 6.04.